The zero-order valence-electron chi connectivity index (χ0n) is 12.3. The standard InChI is InChI=1S/C17H27NO/c1-3-18-16(13-17-9-4-5-10-19-17)12-15-8-6-7-14(2)11-15/h6-8,11,16-18H,3-5,9-10,12-13H2,1-2H3. The second-order valence-electron chi connectivity index (χ2n) is 5.67. The minimum atomic E-state index is 0.461. The Balaban J connectivity index is 1.91. The average Bonchev–Trinajstić information content (AvgIpc) is 2.40. The predicted molar refractivity (Wildman–Crippen MR) is 80.6 cm³/mol. The summed E-state index contributed by atoms with van der Waals surface area (Å²) in [5.41, 5.74) is 2.78. The summed E-state index contributed by atoms with van der Waals surface area (Å²) in [6.45, 7) is 6.33. The minimum Gasteiger partial charge on any atom is -0.378 e. The van der Waals surface area contributed by atoms with Gasteiger partial charge in [-0.25, -0.2) is 0 Å². The van der Waals surface area contributed by atoms with Gasteiger partial charge in [0, 0.05) is 12.6 Å². The molecule has 0 aromatic heterocycles. The van der Waals surface area contributed by atoms with E-state index in [0.717, 1.165) is 26.0 Å². The van der Waals surface area contributed by atoms with Gasteiger partial charge in [0.15, 0.2) is 0 Å². The molecule has 1 aromatic rings. The van der Waals surface area contributed by atoms with Crippen LogP contribution in [0.4, 0.5) is 0 Å². The molecule has 0 amide bonds. The van der Waals surface area contributed by atoms with Crippen molar-refractivity contribution < 1.29 is 4.74 Å². The van der Waals surface area contributed by atoms with E-state index in [1.807, 2.05) is 0 Å². The number of aryl methyl sites for hydroxylation is 1. The van der Waals surface area contributed by atoms with Crippen molar-refractivity contribution in [3.8, 4) is 0 Å². The van der Waals surface area contributed by atoms with Crippen LogP contribution in [0.3, 0.4) is 0 Å². The summed E-state index contributed by atoms with van der Waals surface area (Å²) in [6, 6.07) is 9.39. The Morgan fingerprint density at radius 1 is 1.37 bits per heavy atom. The van der Waals surface area contributed by atoms with Crippen molar-refractivity contribution in [3.63, 3.8) is 0 Å². The summed E-state index contributed by atoms with van der Waals surface area (Å²) in [5, 5.41) is 3.62. The van der Waals surface area contributed by atoms with Crippen molar-refractivity contribution in [2.45, 2.75) is 58.1 Å². The Bertz CT molecular complexity index is 371. The highest BCUT2D eigenvalue weighted by Crippen LogP contribution is 2.19. The summed E-state index contributed by atoms with van der Waals surface area (Å²) >= 11 is 0. The molecule has 2 nitrogen and oxygen atoms in total. The lowest BCUT2D eigenvalue weighted by Crippen LogP contribution is -2.36. The Kier molecular flexibility index (Phi) is 5.87. The first-order valence-electron chi connectivity index (χ1n) is 7.68. The summed E-state index contributed by atoms with van der Waals surface area (Å²) < 4.78 is 5.88. The van der Waals surface area contributed by atoms with Crippen molar-refractivity contribution in [1.82, 2.24) is 5.32 Å². The second-order valence-corrected chi connectivity index (χ2v) is 5.67. The molecular weight excluding hydrogens is 234 g/mol. The first kappa shape index (κ1) is 14.5. The summed E-state index contributed by atoms with van der Waals surface area (Å²) in [4.78, 5) is 0. The van der Waals surface area contributed by atoms with E-state index in [-0.39, 0.29) is 0 Å². The summed E-state index contributed by atoms with van der Waals surface area (Å²) in [6.07, 6.45) is 6.50. The Labute approximate surface area is 117 Å². The Morgan fingerprint density at radius 2 is 2.26 bits per heavy atom. The SMILES string of the molecule is CCNC(Cc1cccc(C)c1)CC1CCCCO1. The molecule has 1 heterocycles. The summed E-state index contributed by atoms with van der Waals surface area (Å²) in [7, 11) is 0. The van der Waals surface area contributed by atoms with Gasteiger partial charge >= 0.3 is 0 Å². The molecule has 2 heteroatoms. The normalized spacial score (nSPS) is 21.3. The first-order valence-corrected chi connectivity index (χ1v) is 7.68. The zero-order chi connectivity index (χ0) is 13.5. The molecule has 1 aromatic carbocycles. The largest absolute Gasteiger partial charge is 0.378 e. The fraction of sp³-hybridized carbons (Fsp3) is 0.647. The average molecular weight is 261 g/mol. The number of likely N-dealkylation sites (N-methyl/N-ethyl adjacent to an activating group) is 1. The van der Waals surface area contributed by atoms with Gasteiger partial charge in [0.05, 0.1) is 6.10 Å². The molecule has 0 aliphatic carbocycles. The van der Waals surface area contributed by atoms with Crippen molar-refractivity contribution >= 4 is 0 Å². The van der Waals surface area contributed by atoms with Gasteiger partial charge in [-0.1, -0.05) is 36.8 Å². The van der Waals surface area contributed by atoms with E-state index in [0.29, 0.717) is 12.1 Å². The van der Waals surface area contributed by atoms with Crippen LogP contribution in [0.15, 0.2) is 24.3 Å². The van der Waals surface area contributed by atoms with Gasteiger partial charge in [-0.15, -0.1) is 0 Å². The van der Waals surface area contributed by atoms with Crippen LogP contribution in [-0.4, -0.2) is 25.3 Å². The Morgan fingerprint density at radius 3 is 2.95 bits per heavy atom. The molecule has 2 rings (SSSR count). The van der Waals surface area contributed by atoms with Crippen molar-refractivity contribution in [3.05, 3.63) is 35.4 Å². The molecule has 2 unspecified atom stereocenters. The molecule has 0 bridgehead atoms. The molecule has 0 saturated carbocycles. The van der Waals surface area contributed by atoms with Gasteiger partial charge in [0.1, 0.15) is 0 Å². The molecule has 0 radical (unpaired) electrons. The van der Waals surface area contributed by atoms with Crippen LogP contribution >= 0.6 is 0 Å². The molecular formula is C17H27NO. The number of hydrogen-bond acceptors (Lipinski definition) is 2. The third-order valence-corrected chi connectivity index (χ3v) is 3.88. The second kappa shape index (κ2) is 7.66. The lowest BCUT2D eigenvalue weighted by Gasteiger charge is -2.27. The van der Waals surface area contributed by atoms with Crippen LogP contribution in [0, 0.1) is 6.92 Å². The van der Waals surface area contributed by atoms with Crippen LogP contribution in [-0.2, 0) is 11.2 Å². The number of rotatable bonds is 6. The fourth-order valence-electron chi connectivity index (χ4n) is 2.96. The highest BCUT2D eigenvalue weighted by atomic mass is 16.5. The van der Waals surface area contributed by atoms with E-state index in [4.69, 9.17) is 4.74 Å². The molecule has 19 heavy (non-hydrogen) atoms. The highest BCUT2D eigenvalue weighted by molar-refractivity contribution is 5.23. The van der Waals surface area contributed by atoms with Gasteiger partial charge in [-0.2, -0.15) is 0 Å². The summed E-state index contributed by atoms with van der Waals surface area (Å²) in [5.74, 6) is 0. The van der Waals surface area contributed by atoms with Gasteiger partial charge < -0.3 is 10.1 Å². The number of benzene rings is 1. The van der Waals surface area contributed by atoms with E-state index < -0.39 is 0 Å². The fourth-order valence-corrected chi connectivity index (χ4v) is 2.96. The maximum absolute atomic E-state index is 5.88. The number of hydrogen-bond donors (Lipinski definition) is 1. The van der Waals surface area contributed by atoms with Gasteiger partial charge in [0.2, 0.25) is 0 Å². The Hall–Kier alpha value is -0.860. The minimum absolute atomic E-state index is 0.461. The van der Waals surface area contributed by atoms with Crippen molar-refractivity contribution in [2.24, 2.45) is 0 Å². The molecule has 1 saturated heterocycles. The predicted octanol–water partition coefficient (Wildman–Crippen LogP) is 3.47. The first-order chi connectivity index (χ1) is 9.28. The molecule has 1 aliphatic heterocycles. The smallest absolute Gasteiger partial charge is 0.0590 e. The van der Waals surface area contributed by atoms with Crippen LogP contribution in [0.25, 0.3) is 0 Å². The van der Waals surface area contributed by atoms with E-state index in [1.54, 1.807) is 0 Å². The van der Waals surface area contributed by atoms with E-state index >= 15 is 0 Å². The maximum atomic E-state index is 5.88. The zero-order valence-corrected chi connectivity index (χ0v) is 12.3. The van der Waals surface area contributed by atoms with E-state index in [9.17, 15) is 0 Å². The van der Waals surface area contributed by atoms with Crippen LogP contribution in [0.2, 0.25) is 0 Å². The van der Waals surface area contributed by atoms with Gasteiger partial charge in [-0.05, 0) is 51.1 Å². The van der Waals surface area contributed by atoms with E-state index in [2.05, 4.69) is 43.4 Å². The lowest BCUT2D eigenvalue weighted by atomic mass is 9.96. The molecule has 0 spiro atoms. The highest BCUT2D eigenvalue weighted by Gasteiger charge is 2.19. The third-order valence-electron chi connectivity index (χ3n) is 3.88. The van der Waals surface area contributed by atoms with Gasteiger partial charge in [0.25, 0.3) is 0 Å². The molecule has 2 atom stereocenters. The van der Waals surface area contributed by atoms with Crippen molar-refractivity contribution in [2.75, 3.05) is 13.2 Å². The van der Waals surface area contributed by atoms with Crippen LogP contribution in [0.5, 0.6) is 0 Å². The molecule has 106 valence electrons. The lowest BCUT2D eigenvalue weighted by molar-refractivity contribution is 0.00535. The quantitative estimate of drug-likeness (QED) is 0.846. The third kappa shape index (κ3) is 4.96. The van der Waals surface area contributed by atoms with E-state index in [1.165, 1.54) is 30.4 Å². The van der Waals surface area contributed by atoms with Crippen LogP contribution < -0.4 is 5.32 Å². The van der Waals surface area contributed by atoms with Crippen LogP contribution in [0.1, 0.15) is 43.7 Å². The van der Waals surface area contributed by atoms with Crippen molar-refractivity contribution in [1.29, 1.82) is 0 Å². The maximum Gasteiger partial charge on any atom is 0.0590 e. The number of nitrogens with one attached hydrogen (secondary N) is 1. The molecule has 1 aliphatic rings. The molecule has 1 N–H and O–H groups in total. The number of ether oxygens (including phenoxy) is 1. The molecule has 1 fully saturated rings. The monoisotopic (exact) mass is 261 g/mol. The van der Waals surface area contributed by atoms with Gasteiger partial charge in [-0.3, -0.25) is 0 Å². The topological polar surface area (TPSA) is 21.3 Å².